The van der Waals surface area contributed by atoms with Crippen molar-refractivity contribution in [2.24, 2.45) is 5.41 Å². The third-order valence-corrected chi connectivity index (χ3v) is 3.24. The Hall–Kier alpha value is -1.64. The Morgan fingerprint density at radius 3 is 2.05 bits per heavy atom. The first-order valence-corrected chi connectivity index (χ1v) is 6.91. The highest BCUT2D eigenvalue weighted by atomic mass is 16.5. The van der Waals surface area contributed by atoms with E-state index in [1.807, 2.05) is 30.3 Å². The van der Waals surface area contributed by atoms with Crippen LogP contribution < -0.4 is 0 Å². The van der Waals surface area contributed by atoms with Gasteiger partial charge in [-0.3, -0.25) is 0 Å². The fourth-order valence-corrected chi connectivity index (χ4v) is 2.40. The lowest BCUT2D eigenvalue weighted by Gasteiger charge is -2.18. The molecule has 0 heterocycles. The van der Waals surface area contributed by atoms with Crippen molar-refractivity contribution in [1.29, 1.82) is 0 Å². The van der Waals surface area contributed by atoms with Gasteiger partial charge in [-0.1, -0.05) is 69.3 Å². The summed E-state index contributed by atoms with van der Waals surface area (Å²) >= 11 is 0. The molecule has 0 saturated heterocycles. The molecule has 20 heavy (non-hydrogen) atoms. The van der Waals surface area contributed by atoms with Crippen LogP contribution in [0.3, 0.4) is 0 Å². The van der Waals surface area contributed by atoms with E-state index in [0.29, 0.717) is 5.56 Å². The Kier molecular flexibility index (Phi) is 4.26. The zero-order chi connectivity index (χ0) is 14.8. The number of hydrogen-bond acceptors (Lipinski definition) is 2. The van der Waals surface area contributed by atoms with Crippen molar-refractivity contribution in [1.82, 2.24) is 0 Å². The van der Waals surface area contributed by atoms with Crippen LogP contribution in [0, 0.1) is 5.41 Å². The predicted molar refractivity (Wildman–Crippen MR) is 82.2 cm³/mol. The molecule has 0 radical (unpaired) electrons. The van der Waals surface area contributed by atoms with Crippen LogP contribution in [0.25, 0.3) is 11.1 Å². The molecule has 0 atom stereocenters. The van der Waals surface area contributed by atoms with Crippen LogP contribution in [0.1, 0.15) is 38.2 Å². The monoisotopic (exact) mass is 270 g/mol. The summed E-state index contributed by atoms with van der Waals surface area (Å²) in [7, 11) is 0. The summed E-state index contributed by atoms with van der Waals surface area (Å²) in [6.07, 6.45) is -0.419. The largest absolute Gasteiger partial charge is 0.364 e. The predicted octanol–water partition coefficient (Wildman–Crippen LogP) is 3.93. The van der Waals surface area contributed by atoms with Crippen molar-refractivity contribution in [3.05, 3.63) is 59.7 Å². The second-order valence-corrected chi connectivity index (χ2v) is 6.40. The fraction of sp³-hybridized carbons (Fsp3) is 0.333. The lowest BCUT2D eigenvalue weighted by Crippen LogP contribution is -2.08. The SMILES string of the molecule is CC(C)(C)Cc1ccc(-c2ccccc2C(O)O)cc1. The number of aliphatic hydroxyl groups excluding tert-OH is 1. The van der Waals surface area contributed by atoms with Gasteiger partial charge in [0.2, 0.25) is 0 Å². The van der Waals surface area contributed by atoms with Gasteiger partial charge in [-0.25, -0.2) is 0 Å². The number of rotatable bonds is 3. The van der Waals surface area contributed by atoms with Crippen molar-refractivity contribution in [2.75, 3.05) is 0 Å². The molecule has 2 nitrogen and oxygen atoms in total. The Bertz CT molecular complexity index is 563. The normalized spacial score (nSPS) is 11.9. The molecule has 0 unspecified atom stereocenters. The molecule has 0 bridgehead atoms. The highest BCUT2D eigenvalue weighted by Crippen LogP contribution is 2.28. The fourth-order valence-electron chi connectivity index (χ4n) is 2.40. The van der Waals surface area contributed by atoms with E-state index in [-0.39, 0.29) is 5.41 Å². The smallest absolute Gasteiger partial charge is 0.179 e. The maximum atomic E-state index is 9.43. The number of aliphatic hydroxyl groups is 2. The van der Waals surface area contributed by atoms with Gasteiger partial charge < -0.3 is 10.2 Å². The summed E-state index contributed by atoms with van der Waals surface area (Å²) < 4.78 is 0. The van der Waals surface area contributed by atoms with E-state index in [2.05, 4.69) is 32.9 Å². The van der Waals surface area contributed by atoms with Crippen molar-refractivity contribution in [2.45, 2.75) is 33.5 Å². The van der Waals surface area contributed by atoms with E-state index >= 15 is 0 Å². The maximum Gasteiger partial charge on any atom is 0.179 e. The molecule has 2 aromatic rings. The second kappa shape index (κ2) is 5.78. The quantitative estimate of drug-likeness (QED) is 0.830. The summed E-state index contributed by atoms with van der Waals surface area (Å²) in [6.45, 7) is 6.66. The summed E-state index contributed by atoms with van der Waals surface area (Å²) in [5.41, 5.74) is 3.97. The number of benzene rings is 2. The average molecular weight is 270 g/mol. The van der Waals surface area contributed by atoms with Gasteiger partial charge in [0.1, 0.15) is 0 Å². The first-order chi connectivity index (χ1) is 9.37. The number of hydrogen-bond donors (Lipinski definition) is 2. The lowest BCUT2D eigenvalue weighted by molar-refractivity contribution is -0.0420. The van der Waals surface area contributed by atoms with Crippen molar-refractivity contribution in [3.63, 3.8) is 0 Å². The molecule has 2 aromatic carbocycles. The standard InChI is InChI=1S/C18H22O2/c1-18(2,3)12-13-8-10-14(11-9-13)15-6-4-5-7-16(15)17(19)20/h4-11,17,19-20H,12H2,1-3H3. The minimum atomic E-state index is -1.44. The highest BCUT2D eigenvalue weighted by molar-refractivity contribution is 5.67. The van der Waals surface area contributed by atoms with Crippen LogP contribution in [-0.2, 0) is 6.42 Å². The Morgan fingerprint density at radius 2 is 1.50 bits per heavy atom. The van der Waals surface area contributed by atoms with Gasteiger partial charge in [-0.15, -0.1) is 0 Å². The van der Waals surface area contributed by atoms with Gasteiger partial charge in [0, 0.05) is 5.56 Å². The Morgan fingerprint density at radius 1 is 0.900 bits per heavy atom. The van der Waals surface area contributed by atoms with E-state index in [9.17, 15) is 10.2 Å². The van der Waals surface area contributed by atoms with Gasteiger partial charge in [-0.2, -0.15) is 0 Å². The molecule has 0 aliphatic heterocycles. The second-order valence-electron chi connectivity index (χ2n) is 6.40. The molecule has 2 N–H and O–H groups in total. The highest BCUT2D eigenvalue weighted by Gasteiger charge is 2.13. The molecule has 0 aliphatic carbocycles. The summed E-state index contributed by atoms with van der Waals surface area (Å²) in [5.74, 6) is 0. The van der Waals surface area contributed by atoms with E-state index in [1.165, 1.54) is 5.56 Å². The molecule has 0 aromatic heterocycles. The molecule has 0 fully saturated rings. The molecular formula is C18H22O2. The lowest BCUT2D eigenvalue weighted by atomic mass is 9.87. The first kappa shape index (κ1) is 14.8. The van der Waals surface area contributed by atoms with Gasteiger partial charge >= 0.3 is 0 Å². The van der Waals surface area contributed by atoms with Crippen LogP contribution in [0.15, 0.2) is 48.5 Å². The molecule has 0 amide bonds. The molecule has 2 rings (SSSR count). The van der Waals surface area contributed by atoms with Gasteiger partial charge in [0.15, 0.2) is 6.29 Å². The molecule has 0 aliphatic rings. The molecule has 106 valence electrons. The van der Waals surface area contributed by atoms with Crippen LogP contribution in [0.5, 0.6) is 0 Å². The minimum Gasteiger partial charge on any atom is -0.364 e. The first-order valence-electron chi connectivity index (χ1n) is 6.91. The summed E-state index contributed by atoms with van der Waals surface area (Å²) in [6, 6.07) is 15.7. The third kappa shape index (κ3) is 3.69. The van der Waals surface area contributed by atoms with Crippen LogP contribution >= 0.6 is 0 Å². The van der Waals surface area contributed by atoms with E-state index in [1.54, 1.807) is 6.07 Å². The van der Waals surface area contributed by atoms with Crippen molar-refractivity contribution in [3.8, 4) is 11.1 Å². The van der Waals surface area contributed by atoms with E-state index in [4.69, 9.17) is 0 Å². The Balaban J connectivity index is 2.31. The summed E-state index contributed by atoms with van der Waals surface area (Å²) in [5, 5.41) is 18.9. The van der Waals surface area contributed by atoms with Gasteiger partial charge in [0.05, 0.1) is 0 Å². The average Bonchev–Trinajstić information content (AvgIpc) is 2.38. The summed E-state index contributed by atoms with van der Waals surface area (Å²) in [4.78, 5) is 0. The molecule has 2 heteroatoms. The molecule has 0 saturated carbocycles. The van der Waals surface area contributed by atoms with Crippen molar-refractivity contribution >= 4 is 0 Å². The molecular weight excluding hydrogens is 248 g/mol. The van der Waals surface area contributed by atoms with Crippen molar-refractivity contribution < 1.29 is 10.2 Å². The minimum absolute atomic E-state index is 0.265. The topological polar surface area (TPSA) is 40.5 Å². The van der Waals surface area contributed by atoms with Crippen LogP contribution in [-0.4, -0.2) is 10.2 Å². The Labute approximate surface area is 120 Å². The van der Waals surface area contributed by atoms with E-state index in [0.717, 1.165) is 17.5 Å². The van der Waals surface area contributed by atoms with Crippen LogP contribution in [0.4, 0.5) is 0 Å². The maximum absolute atomic E-state index is 9.43. The van der Waals surface area contributed by atoms with Gasteiger partial charge in [-0.05, 0) is 28.5 Å². The third-order valence-electron chi connectivity index (χ3n) is 3.24. The zero-order valence-electron chi connectivity index (χ0n) is 12.3. The van der Waals surface area contributed by atoms with Crippen LogP contribution in [0.2, 0.25) is 0 Å². The molecule has 0 spiro atoms. The van der Waals surface area contributed by atoms with Gasteiger partial charge in [0.25, 0.3) is 0 Å². The van der Waals surface area contributed by atoms with E-state index < -0.39 is 6.29 Å². The zero-order valence-corrected chi connectivity index (χ0v) is 12.3.